The predicted molar refractivity (Wildman–Crippen MR) is 147 cm³/mol. The Morgan fingerprint density at radius 2 is 1.61 bits per heavy atom. The first kappa shape index (κ1) is 25.6. The number of methoxy groups -OCH3 is 1. The largest absolute Gasteiger partial charge is 0.495 e. The summed E-state index contributed by atoms with van der Waals surface area (Å²) in [6.45, 7) is 1.99. The number of anilines is 2. The van der Waals surface area contributed by atoms with Crippen molar-refractivity contribution in [2.24, 2.45) is 29.6 Å². The van der Waals surface area contributed by atoms with Crippen LogP contribution in [0.1, 0.15) is 18.4 Å². The van der Waals surface area contributed by atoms with Gasteiger partial charge in [0, 0.05) is 22.6 Å². The molecule has 2 aromatic carbocycles. The molecule has 38 heavy (non-hydrogen) atoms. The van der Waals surface area contributed by atoms with Crippen LogP contribution in [0.5, 0.6) is 11.5 Å². The van der Waals surface area contributed by atoms with E-state index < -0.39 is 11.9 Å². The molecule has 0 N–H and O–H groups in total. The van der Waals surface area contributed by atoms with Crippen LogP contribution >= 0.6 is 31.9 Å². The van der Waals surface area contributed by atoms with Gasteiger partial charge in [0.05, 0.1) is 36.2 Å². The van der Waals surface area contributed by atoms with Crippen molar-refractivity contribution in [2.45, 2.75) is 29.4 Å². The molecule has 198 valence electrons. The molecule has 2 bridgehead atoms. The van der Waals surface area contributed by atoms with Gasteiger partial charge in [0.2, 0.25) is 17.7 Å². The number of rotatable bonds is 5. The topological polar surface area (TPSA) is 93.2 Å². The van der Waals surface area contributed by atoms with Gasteiger partial charge in [-0.15, -0.1) is 0 Å². The number of nitrogens with zero attached hydrogens (tertiary/aromatic N) is 2. The molecule has 2 heterocycles. The Morgan fingerprint density at radius 3 is 2.24 bits per heavy atom. The Morgan fingerprint density at radius 1 is 0.947 bits per heavy atom. The molecule has 0 radical (unpaired) electrons. The van der Waals surface area contributed by atoms with Crippen molar-refractivity contribution in [3.8, 4) is 11.5 Å². The Labute approximate surface area is 236 Å². The number of esters is 1. The number of hydrogen-bond donors (Lipinski definition) is 0. The van der Waals surface area contributed by atoms with Gasteiger partial charge in [-0.2, -0.15) is 0 Å². The molecule has 6 rings (SSSR count). The summed E-state index contributed by atoms with van der Waals surface area (Å²) in [5, 5.41) is 0. The molecule has 2 aliphatic heterocycles. The van der Waals surface area contributed by atoms with Gasteiger partial charge in [-0.05, 0) is 61.1 Å². The number of alkyl halides is 2. The number of para-hydroxylation sites is 2. The molecule has 2 saturated heterocycles. The lowest BCUT2D eigenvalue weighted by Gasteiger charge is -2.28. The molecule has 0 unspecified atom stereocenters. The summed E-state index contributed by atoms with van der Waals surface area (Å²) >= 11 is 7.43. The Balaban J connectivity index is 1.16. The van der Waals surface area contributed by atoms with Crippen molar-refractivity contribution in [2.75, 3.05) is 23.5 Å². The van der Waals surface area contributed by atoms with Crippen molar-refractivity contribution in [1.82, 2.24) is 0 Å². The lowest BCUT2D eigenvalue weighted by Crippen LogP contribution is -2.37. The SMILES string of the molecule is COc1ccccc1N1C[C@H](C(=O)Oc2ccc(N3C(=O)[C@@H]4[C@H]5C[C@@H]([C@@H](Br)[C@H]5Br)[C@H]4C3=O)c(C)c2)CC1=O. The molecule has 4 aliphatic rings. The van der Waals surface area contributed by atoms with Gasteiger partial charge in [-0.25, -0.2) is 4.90 Å². The number of benzene rings is 2. The van der Waals surface area contributed by atoms with Crippen LogP contribution in [0.25, 0.3) is 0 Å². The third-order valence-corrected chi connectivity index (χ3v) is 11.7. The van der Waals surface area contributed by atoms with Gasteiger partial charge >= 0.3 is 5.97 Å². The van der Waals surface area contributed by atoms with E-state index in [9.17, 15) is 19.2 Å². The van der Waals surface area contributed by atoms with Crippen molar-refractivity contribution in [3.05, 3.63) is 48.0 Å². The number of halogens is 2. The highest BCUT2D eigenvalue weighted by Gasteiger charge is 2.66. The highest BCUT2D eigenvalue weighted by atomic mass is 79.9. The number of amides is 3. The Kier molecular flexibility index (Phi) is 6.38. The van der Waals surface area contributed by atoms with Crippen molar-refractivity contribution in [3.63, 3.8) is 0 Å². The smallest absolute Gasteiger partial charge is 0.316 e. The van der Waals surface area contributed by atoms with E-state index in [0.29, 0.717) is 28.4 Å². The number of aryl methyl sites for hydroxylation is 1. The average molecular weight is 646 g/mol. The summed E-state index contributed by atoms with van der Waals surface area (Å²) in [5.74, 6) is -1.06. The fourth-order valence-corrected chi connectivity index (χ4v) is 8.55. The van der Waals surface area contributed by atoms with E-state index in [2.05, 4.69) is 31.9 Å². The van der Waals surface area contributed by atoms with Gasteiger partial charge in [-0.1, -0.05) is 44.0 Å². The molecule has 2 aromatic rings. The van der Waals surface area contributed by atoms with E-state index in [0.717, 1.165) is 6.42 Å². The molecule has 7 atom stereocenters. The molecule has 8 nitrogen and oxygen atoms in total. The highest BCUT2D eigenvalue weighted by molar-refractivity contribution is 9.12. The summed E-state index contributed by atoms with van der Waals surface area (Å²) in [6, 6.07) is 12.1. The maximum absolute atomic E-state index is 13.4. The number of hydrogen-bond acceptors (Lipinski definition) is 6. The first-order chi connectivity index (χ1) is 18.2. The molecule has 10 heteroatoms. The maximum atomic E-state index is 13.4. The maximum Gasteiger partial charge on any atom is 0.316 e. The molecule has 0 spiro atoms. The minimum absolute atomic E-state index is 0.0406. The van der Waals surface area contributed by atoms with E-state index in [1.807, 2.05) is 12.1 Å². The number of carbonyl (C=O) groups excluding carboxylic acids is 4. The van der Waals surface area contributed by atoms with Crippen LogP contribution in [-0.4, -0.2) is 47.0 Å². The monoisotopic (exact) mass is 644 g/mol. The standard InChI is InChI=1S/C28H26Br2N2O6/c1-13-9-15(38-28(36)14-10-21(33)31(12-14)19-5-3-4-6-20(19)37-2)7-8-18(13)32-26(34)22-16-11-17(23(22)27(32)35)25(30)24(16)29/h3-9,14,16-17,22-25H,10-12H2,1-2H3/t14-,16-,17-,22-,23-,24-,25+/m1/s1. The minimum Gasteiger partial charge on any atom is -0.495 e. The zero-order valence-corrected chi connectivity index (χ0v) is 24.0. The fraction of sp³-hybridized carbons (Fsp3) is 0.429. The van der Waals surface area contributed by atoms with Crippen LogP contribution in [0.4, 0.5) is 11.4 Å². The van der Waals surface area contributed by atoms with Crippen molar-refractivity contribution < 1.29 is 28.7 Å². The van der Waals surface area contributed by atoms with Crippen molar-refractivity contribution >= 4 is 66.9 Å². The summed E-state index contributed by atoms with van der Waals surface area (Å²) in [6.07, 6.45) is 0.914. The van der Waals surface area contributed by atoms with Crippen LogP contribution in [0, 0.1) is 36.5 Å². The summed E-state index contributed by atoms with van der Waals surface area (Å²) in [7, 11) is 1.54. The van der Waals surface area contributed by atoms with Gasteiger partial charge in [-0.3, -0.25) is 19.2 Å². The van der Waals surface area contributed by atoms with Crippen LogP contribution in [0.2, 0.25) is 0 Å². The van der Waals surface area contributed by atoms with E-state index in [1.54, 1.807) is 42.2 Å². The van der Waals surface area contributed by atoms with E-state index in [4.69, 9.17) is 9.47 Å². The molecular formula is C28H26Br2N2O6. The second-order valence-electron chi connectivity index (χ2n) is 10.5. The molecule has 3 amide bonds. The third kappa shape index (κ3) is 3.82. The van der Waals surface area contributed by atoms with Crippen LogP contribution < -0.4 is 19.3 Å². The van der Waals surface area contributed by atoms with Crippen LogP contribution in [-0.2, 0) is 19.2 Å². The number of ether oxygens (including phenoxy) is 2. The normalized spacial score (nSPS) is 31.8. The highest BCUT2D eigenvalue weighted by Crippen LogP contribution is 2.60. The fourth-order valence-electron chi connectivity index (χ4n) is 6.68. The predicted octanol–water partition coefficient (Wildman–Crippen LogP) is 4.24. The van der Waals surface area contributed by atoms with Crippen molar-refractivity contribution in [1.29, 1.82) is 0 Å². The first-order valence-corrected chi connectivity index (χ1v) is 14.5. The molecular weight excluding hydrogens is 620 g/mol. The molecule has 4 fully saturated rings. The molecule has 2 saturated carbocycles. The number of fused-ring (bicyclic) bond motifs is 5. The zero-order valence-electron chi connectivity index (χ0n) is 20.8. The van der Waals surface area contributed by atoms with Gasteiger partial charge in [0.15, 0.2) is 0 Å². The average Bonchev–Trinajstić information content (AvgIpc) is 3.62. The minimum atomic E-state index is -0.627. The quantitative estimate of drug-likeness (QED) is 0.209. The second-order valence-corrected chi connectivity index (χ2v) is 12.6. The molecule has 0 aromatic heterocycles. The second kappa shape index (κ2) is 9.48. The summed E-state index contributed by atoms with van der Waals surface area (Å²) < 4.78 is 11.0. The third-order valence-electron chi connectivity index (χ3n) is 8.45. The number of carbonyl (C=O) groups is 4. The van der Waals surface area contributed by atoms with E-state index in [-0.39, 0.29) is 64.0 Å². The zero-order chi connectivity index (χ0) is 26.9. The number of imide groups is 1. The molecule has 2 aliphatic carbocycles. The lowest BCUT2D eigenvalue weighted by molar-refractivity contribution is -0.139. The summed E-state index contributed by atoms with van der Waals surface area (Å²) in [5.41, 5.74) is 1.79. The first-order valence-electron chi connectivity index (χ1n) is 12.6. The summed E-state index contributed by atoms with van der Waals surface area (Å²) in [4.78, 5) is 55.6. The van der Waals surface area contributed by atoms with E-state index >= 15 is 0 Å². The van der Waals surface area contributed by atoms with E-state index in [1.165, 1.54) is 12.0 Å². The van der Waals surface area contributed by atoms with Gasteiger partial charge in [0.25, 0.3) is 0 Å². The van der Waals surface area contributed by atoms with Crippen LogP contribution in [0.15, 0.2) is 42.5 Å². The van der Waals surface area contributed by atoms with Gasteiger partial charge < -0.3 is 14.4 Å². The lowest BCUT2D eigenvalue weighted by atomic mass is 9.81. The Bertz CT molecular complexity index is 1330. The Hall–Kier alpha value is -2.72. The van der Waals surface area contributed by atoms with Gasteiger partial charge in [0.1, 0.15) is 11.5 Å². The van der Waals surface area contributed by atoms with Crippen LogP contribution in [0.3, 0.4) is 0 Å².